The molecule has 0 bridgehead atoms. The normalized spacial score (nSPS) is 25.6. The number of aliphatic hydroxyl groups is 2. The predicted molar refractivity (Wildman–Crippen MR) is 112 cm³/mol. The van der Waals surface area contributed by atoms with Crippen LogP contribution in [0.25, 0.3) is 0 Å². The number of hydrogen-bond donors (Lipinski definition) is 2. The summed E-state index contributed by atoms with van der Waals surface area (Å²) in [6.07, 6.45) is 11.0. The Morgan fingerprint density at radius 2 is 2.03 bits per heavy atom. The molecule has 0 aromatic carbocycles. The molecule has 0 aliphatic heterocycles. The molecule has 1 rings (SSSR count). The lowest BCUT2D eigenvalue weighted by Crippen LogP contribution is -2.40. The van der Waals surface area contributed by atoms with Crippen molar-refractivity contribution in [2.24, 2.45) is 11.8 Å². The number of unbranched alkanes of at least 4 members (excludes halogenated alkanes) is 2. The van der Waals surface area contributed by atoms with Crippen LogP contribution in [0.1, 0.15) is 65.2 Å². The summed E-state index contributed by atoms with van der Waals surface area (Å²) >= 11 is 0. The third kappa shape index (κ3) is 8.03. The Bertz CT molecular complexity index is 570. The highest BCUT2D eigenvalue weighted by Crippen LogP contribution is 2.34. The zero-order valence-corrected chi connectivity index (χ0v) is 18.3. The number of methoxy groups -OCH3 is 2. The van der Waals surface area contributed by atoms with Crippen LogP contribution in [0.5, 0.6) is 0 Å². The number of carbonyl (C=O) groups excluding carboxylic acids is 2. The quantitative estimate of drug-likeness (QED) is 0.275. The fraction of sp³-hybridized carbons (Fsp3) is 0.739. The molecule has 0 spiro atoms. The summed E-state index contributed by atoms with van der Waals surface area (Å²) in [5.41, 5.74) is -0.685. The van der Waals surface area contributed by atoms with Crippen molar-refractivity contribution >= 4 is 11.8 Å². The van der Waals surface area contributed by atoms with Crippen LogP contribution in [-0.2, 0) is 19.1 Å². The van der Waals surface area contributed by atoms with E-state index in [1.54, 1.807) is 19.3 Å². The average Bonchev–Trinajstić information content (AvgIpc) is 2.98. The summed E-state index contributed by atoms with van der Waals surface area (Å²) < 4.78 is 10.1. The molecular formula is C23H38O6. The maximum Gasteiger partial charge on any atom is 0.305 e. The lowest BCUT2D eigenvalue weighted by atomic mass is 9.87. The average molecular weight is 411 g/mol. The minimum atomic E-state index is -0.809. The smallest absolute Gasteiger partial charge is 0.305 e. The first-order valence-electron chi connectivity index (χ1n) is 10.6. The van der Waals surface area contributed by atoms with Crippen molar-refractivity contribution in [3.63, 3.8) is 0 Å². The first-order chi connectivity index (χ1) is 13.8. The molecule has 0 aromatic rings. The minimum Gasteiger partial charge on any atom is -0.469 e. The number of hydrogen-bond acceptors (Lipinski definition) is 6. The van der Waals surface area contributed by atoms with E-state index in [1.807, 2.05) is 19.1 Å². The summed E-state index contributed by atoms with van der Waals surface area (Å²) in [5.74, 6) is -0.793. The van der Waals surface area contributed by atoms with Crippen LogP contribution in [0.15, 0.2) is 24.3 Å². The van der Waals surface area contributed by atoms with Crippen molar-refractivity contribution in [1.29, 1.82) is 0 Å². The molecule has 0 heterocycles. The van der Waals surface area contributed by atoms with Gasteiger partial charge in [-0.15, -0.1) is 0 Å². The topological polar surface area (TPSA) is 93.1 Å². The van der Waals surface area contributed by atoms with Crippen molar-refractivity contribution in [2.45, 2.75) is 83.0 Å². The summed E-state index contributed by atoms with van der Waals surface area (Å²) in [6, 6.07) is 0. The highest BCUT2D eigenvalue weighted by atomic mass is 16.5. The second-order valence-electron chi connectivity index (χ2n) is 8.05. The van der Waals surface area contributed by atoms with Gasteiger partial charge >= 0.3 is 5.97 Å². The van der Waals surface area contributed by atoms with Gasteiger partial charge in [0, 0.05) is 31.8 Å². The van der Waals surface area contributed by atoms with Gasteiger partial charge in [0.05, 0.1) is 18.8 Å². The second kappa shape index (κ2) is 12.9. The van der Waals surface area contributed by atoms with Gasteiger partial charge in [-0.3, -0.25) is 9.59 Å². The number of Topliss-reactive ketones (excluding diaryl/α,β-unsaturated/α-hetero) is 1. The highest BCUT2D eigenvalue weighted by Gasteiger charge is 2.39. The molecule has 1 aliphatic carbocycles. The fourth-order valence-corrected chi connectivity index (χ4v) is 3.69. The SMILES string of the molecule is CCCC[C@@](C)(OC)[C@H](O)/C=C/[C@H]1[C@H](O)CC(=O)[C@@H]1C/C=C\CCCC(=O)OC. The van der Waals surface area contributed by atoms with Gasteiger partial charge in [-0.05, 0) is 32.6 Å². The molecule has 2 N–H and O–H groups in total. The molecule has 6 heteroatoms. The van der Waals surface area contributed by atoms with Crippen molar-refractivity contribution < 1.29 is 29.3 Å². The van der Waals surface area contributed by atoms with Gasteiger partial charge in [-0.2, -0.15) is 0 Å². The van der Waals surface area contributed by atoms with Gasteiger partial charge in [-0.25, -0.2) is 0 Å². The number of ketones is 1. The summed E-state index contributed by atoms with van der Waals surface area (Å²) in [4.78, 5) is 23.4. The maximum absolute atomic E-state index is 12.3. The van der Waals surface area contributed by atoms with E-state index in [0.717, 1.165) is 25.7 Å². The lowest BCUT2D eigenvalue weighted by Gasteiger charge is -2.32. The maximum atomic E-state index is 12.3. The molecule has 0 unspecified atom stereocenters. The van der Waals surface area contributed by atoms with Crippen LogP contribution in [-0.4, -0.2) is 54.0 Å². The predicted octanol–water partition coefficient (Wildman–Crippen LogP) is 3.35. The van der Waals surface area contributed by atoms with E-state index in [0.29, 0.717) is 19.3 Å². The number of rotatable bonds is 13. The zero-order valence-electron chi connectivity index (χ0n) is 18.3. The molecule has 0 radical (unpaired) electrons. The van der Waals surface area contributed by atoms with Gasteiger partial charge < -0.3 is 19.7 Å². The Morgan fingerprint density at radius 3 is 2.66 bits per heavy atom. The first kappa shape index (κ1) is 25.5. The van der Waals surface area contributed by atoms with Gasteiger partial charge in [0.25, 0.3) is 0 Å². The van der Waals surface area contributed by atoms with Crippen molar-refractivity contribution in [3.05, 3.63) is 24.3 Å². The number of aliphatic hydroxyl groups excluding tert-OH is 2. The van der Waals surface area contributed by atoms with Crippen LogP contribution < -0.4 is 0 Å². The Hall–Kier alpha value is -1.50. The molecule has 5 atom stereocenters. The van der Waals surface area contributed by atoms with Gasteiger partial charge in [-0.1, -0.05) is 44.1 Å². The van der Waals surface area contributed by atoms with Crippen LogP contribution in [0.4, 0.5) is 0 Å². The fourth-order valence-electron chi connectivity index (χ4n) is 3.69. The van der Waals surface area contributed by atoms with E-state index in [4.69, 9.17) is 4.74 Å². The lowest BCUT2D eigenvalue weighted by molar-refractivity contribution is -0.140. The Balaban J connectivity index is 2.66. The van der Waals surface area contributed by atoms with Crippen LogP contribution >= 0.6 is 0 Å². The summed E-state index contributed by atoms with van der Waals surface area (Å²) in [7, 11) is 2.97. The minimum absolute atomic E-state index is 0.0429. The van der Waals surface area contributed by atoms with E-state index >= 15 is 0 Å². The molecule has 0 saturated heterocycles. The van der Waals surface area contributed by atoms with E-state index in [-0.39, 0.29) is 30.0 Å². The van der Waals surface area contributed by atoms with Crippen LogP contribution in [0, 0.1) is 11.8 Å². The van der Waals surface area contributed by atoms with Crippen LogP contribution in [0.3, 0.4) is 0 Å². The zero-order chi connectivity index (χ0) is 21.9. The van der Waals surface area contributed by atoms with Crippen molar-refractivity contribution in [3.8, 4) is 0 Å². The van der Waals surface area contributed by atoms with Crippen molar-refractivity contribution in [2.75, 3.05) is 14.2 Å². The molecule has 1 saturated carbocycles. The number of esters is 1. The van der Waals surface area contributed by atoms with E-state index < -0.39 is 17.8 Å². The molecule has 1 fully saturated rings. The monoisotopic (exact) mass is 410 g/mol. The van der Waals surface area contributed by atoms with E-state index in [2.05, 4.69) is 11.7 Å². The van der Waals surface area contributed by atoms with E-state index in [1.165, 1.54) is 7.11 Å². The summed E-state index contributed by atoms with van der Waals surface area (Å²) in [5, 5.41) is 20.9. The highest BCUT2D eigenvalue weighted by molar-refractivity contribution is 5.84. The first-order valence-corrected chi connectivity index (χ1v) is 10.6. The summed E-state index contributed by atoms with van der Waals surface area (Å²) in [6.45, 7) is 3.97. The van der Waals surface area contributed by atoms with Gasteiger partial charge in [0.2, 0.25) is 0 Å². The van der Waals surface area contributed by atoms with Crippen LogP contribution in [0.2, 0.25) is 0 Å². The third-order valence-corrected chi connectivity index (χ3v) is 5.90. The third-order valence-electron chi connectivity index (χ3n) is 5.90. The Kier molecular flexibility index (Phi) is 11.4. The Morgan fingerprint density at radius 1 is 1.31 bits per heavy atom. The van der Waals surface area contributed by atoms with Crippen molar-refractivity contribution in [1.82, 2.24) is 0 Å². The van der Waals surface area contributed by atoms with E-state index in [9.17, 15) is 19.8 Å². The molecule has 0 aromatic heterocycles. The standard InChI is InChI=1S/C23H38O6/c1-5-6-15-23(2,29-4)21(26)14-13-18-17(19(24)16-20(18)25)11-9-7-8-10-12-22(27)28-3/h7,9,13-14,17-18,20-21,25-26H,5-6,8,10-12,15-16H2,1-4H3/b9-7-,14-13+/t17-,18-,20-,21-,23-/m1/s1. The molecule has 29 heavy (non-hydrogen) atoms. The van der Waals surface area contributed by atoms with Gasteiger partial charge in [0.15, 0.2) is 0 Å². The number of allylic oxidation sites excluding steroid dienone is 2. The number of ether oxygens (including phenoxy) is 2. The Labute approximate surface area is 175 Å². The molecule has 0 amide bonds. The largest absolute Gasteiger partial charge is 0.469 e. The van der Waals surface area contributed by atoms with Gasteiger partial charge in [0.1, 0.15) is 11.9 Å². The molecular weight excluding hydrogens is 372 g/mol. The molecule has 166 valence electrons. The molecule has 6 nitrogen and oxygen atoms in total. The number of carbonyl (C=O) groups is 2. The second-order valence-corrected chi connectivity index (χ2v) is 8.05. The molecule has 1 aliphatic rings.